The first-order valence-electron chi connectivity index (χ1n) is 10.2. The molecule has 0 aromatic heterocycles. The number of hydrogen-bond acceptors (Lipinski definition) is 11. The molecular weight excluding hydrogens is 438 g/mol. The van der Waals surface area contributed by atoms with Crippen LogP contribution in [0.15, 0.2) is 18.2 Å². The summed E-state index contributed by atoms with van der Waals surface area (Å²) in [5.74, 6) is -1.05. The van der Waals surface area contributed by atoms with E-state index in [1.165, 1.54) is 19.2 Å². The van der Waals surface area contributed by atoms with Crippen LogP contribution in [-0.2, 0) is 35.0 Å². The molecule has 1 rings (SSSR count). The van der Waals surface area contributed by atoms with Crippen LogP contribution in [0.2, 0.25) is 0 Å². The van der Waals surface area contributed by atoms with Crippen LogP contribution in [0, 0.1) is 5.41 Å². The quantitative estimate of drug-likeness (QED) is 0.222. The van der Waals surface area contributed by atoms with Crippen LogP contribution in [0.4, 0.5) is 9.59 Å². The van der Waals surface area contributed by atoms with Gasteiger partial charge in [0.2, 0.25) is 0 Å². The van der Waals surface area contributed by atoms with Gasteiger partial charge in [0.05, 0.1) is 26.7 Å². The number of hydrogen-bond donors (Lipinski definition) is 1. The number of esters is 2. The Morgan fingerprint density at radius 2 is 1.55 bits per heavy atom. The molecule has 0 aliphatic rings. The van der Waals surface area contributed by atoms with Crippen molar-refractivity contribution in [2.24, 2.45) is 5.41 Å². The predicted octanol–water partition coefficient (Wildman–Crippen LogP) is 2.63. The van der Waals surface area contributed by atoms with E-state index in [4.69, 9.17) is 18.9 Å². The summed E-state index contributed by atoms with van der Waals surface area (Å²) in [5, 5.41) is 2.98. The molecule has 0 heterocycles. The summed E-state index contributed by atoms with van der Waals surface area (Å²) in [4.78, 5) is 47.3. The van der Waals surface area contributed by atoms with Crippen molar-refractivity contribution >= 4 is 24.2 Å². The minimum absolute atomic E-state index is 0.0678. The largest absolute Gasteiger partial charge is 0.513 e. The lowest BCUT2D eigenvalue weighted by atomic mass is 9.91. The minimum Gasteiger partial charge on any atom is -0.468 e. The maximum atomic E-state index is 12.2. The maximum absolute atomic E-state index is 12.2. The Hall–Kier alpha value is -3.34. The summed E-state index contributed by atoms with van der Waals surface area (Å²) in [6.45, 7) is 5.76. The third kappa shape index (κ3) is 8.97. The zero-order valence-corrected chi connectivity index (χ0v) is 19.7. The predicted molar refractivity (Wildman–Crippen MR) is 115 cm³/mol. The van der Waals surface area contributed by atoms with Crippen molar-refractivity contribution in [2.75, 3.05) is 34.5 Å². The first-order chi connectivity index (χ1) is 15.6. The van der Waals surface area contributed by atoms with Gasteiger partial charge in [0.25, 0.3) is 0 Å². The summed E-state index contributed by atoms with van der Waals surface area (Å²) >= 11 is 0. The van der Waals surface area contributed by atoms with Gasteiger partial charge in [-0.3, -0.25) is 9.59 Å². The van der Waals surface area contributed by atoms with Crippen molar-refractivity contribution in [3.63, 3.8) is 0 Å². The molecule has 0 spiro atoms. The topological polar surface area (TPSA) is 136 Å². The molecule has 0 saturated heterocycles. The van der Waals surface area contributed by atoms with Crippen LogP contribution in [-0.4, -0.2) is 64.8 Å². The highest BCUT2D eigenvalue weighted by atomic mass is 16.7. The normalized spacial score (nSPS) is 11.7. The van der Waals surface area contributed by atoms with Gasteiger partial charge in [-0.1, -0.05) is 13.0 Å². The van der Waals surface area contributed by atoms with E-state index in [9.17, 15) is 19.2 Å². The van der Waals surface area contributed by atoms with Crippen LogP contribution >= 0.6 is 0 Å². The zero-order valence-electron chi connectivity index (χ0n) is 19.7. The molecule has 11 heteroatoms. The summed E-state index contributed by atoms with van der Waals surface area (Å²) in [6, 6.07) is 3.58. The second kappa shape index (κ2) is 13.3. The van der Waals surface area contributed by atoms with Crippen molar-refractivity contribution < 1.29 is 47.6 Å². The molecule has 0 aliphatic heterocycles. The number of ether oxygens (including phenoxy) is 6. The summed E-state index contributed by atoms with van der Waals surface area (Å²) < 4.78 is 29.0. The van der Waals surface area contributed by atoms with E-state index in [2.05, 4.69) is 14.8 Å². The van der Waals surface area contributed by atoms with E-state index in [0.29, 0.717) is 12.0 Å². The van der Waals surface area contributed by atoms with E-state index < -0.39 is 29.7 Å². The standard InChI is InChI=1S/C22H31NO10/c1-7-22(2,3)19(25)31-11-10-23-15(18(24)28-4)12-14-8-9-16(32-20(26)29-5)17(13-14)33-21(27)30-6/h8-9,13,15,23H,7,10-12H2,1-6H3/t15-/m0/s1. The monoisotopic (exact) mass is 469 g/mol. The number of carbonyl (C=O) groups excluding carboxylic acids is 4. The number of nitrogens with one attached hydrogen (secondary N) is 1. The Balaban J connectivity index is 2.91. The zero-order chi connectivity index (χ0) is 25.0. The summed E-state index contributed by atoms with van der Waals surface area (Å²) in [6.07, 6.45) is -1.26. The second-order valence-electron chi connectivity index (χ2n) is 7.50. The highest BCUT2D eigenvalue weighted by molar-refractivity contribution is 5.77. The van der Waals surface area contributed by atoms with Crippen molar-refractivity contribution in [3.05, 3.63) is 23.8 Å². The fraction of sp³-hybridized carbons (Fsp3) is 0.545. The Kier molecular flexibility index (Phi) is 11.1. The molecule has 0 aliphatic carbocycles. The summed E-state index contributed by atoms with van der Waals surface area (Å²) in [5.41, 5.74) is -0.0376. The SMILES string of the molecule is CCC(C)(C)C(=O)OCCN[C@@H](Cc1ccc(OC(=O)OC)c(OC(=O)OC)c1)C(=O)OC. The Morgan fingerprint density at radius 3 is 2.09 bits per heavy atom. The van der Waals surface area contributed by atoms with Gasteiger partial charge < -0.3 is 33.7 Å². The average molecular weight is 469 g/mol. The lowest BCUT2D eigenvalue weighted by Crippen LogP contribution is -2.41. The Bertz CT molecular complexity index is 836. The molecule has 0 fully saturated rings. The van der Waals surface area contributed by atoms with Gasteiger partial charge in [-0.15, -0.1) is 0 Å². The van der Waals surface area contributed by atoms with Crippen LogP contribution in [0.25, 0.3) is 0 Å². The van der Waals surface area contributed by atoms with E-state index in [0.717, 1.165) is 14.2 Å². The molecule has 1 atom stereocenters. The third-order valence-electron chi connectivity index (χ3n) is 4.82. The molecule has 0 radical (unpaired) electrons. The first kappa shape index (κ1) is 27.7. The van der Waals surface area contributed by atoms with Crippen LogP contribution in [0.3, 0.4) is 0 Å². The molecule has 1 aromatic rings. The highest BCUT2D eigenvalue weighted by Crippen LogP contribution is 2.30. The number of methoxy groups -OCH3 is 3. The van der Waals surface area contributed by atoms with Crippen molar-refractivity contribution in [1.82, 2.24) is 5.32 Å². The molecule has 184 valence electrons. The van der Waals surface area contributed by atoms with E-state index in [-0.39, 0.29) is 37.0 Å². The number of rotatable bonds is 11. The number of carbonyl (C=O) groups is 4. The average Bonchev–Trinajstić information content (AvgIpc) is 2.81. The van der Waals surface area contributed by atoms with Crippen molar-refractivity contribution in [2.45, 2.75) is 39.7 Å². The minimum atomic E-state index is -1.03. The van der Waals surface area contributed by atoms with Crippen LogP contribution in [0.1, 0.15) is 32.8 Å². The lowest BCUT2D eigenvalue weighted by molar-refractivity contribution is -0.154. The van der Waals surface area contributed by atoms with E-state index >= 15 is 0 Å². The van der Waals surface area contributed by atoms with Gasteiger partial charge in [0.15, 0.2) is 11.5 Å². The first-order valence-corrected chi connectivity index (χ1v) is 10.2. The Morgan fingerprint density at radius 1 is 0.939 bits per heavy atom. The molecular formula is C22H31NO10. The van der Waals surface area contributed by atoms with Gasteiger partial charge in [0, 0.05) is 6.54 Å². The van der Waals surface area contributed by atoms with Crippen LogP contribution < -0.4 is 14.8 Å². The fourth-order valence-electron chi connectivity index (χ4n) is 2.44. The third-order valence-corrected chi connectivity index (χ3v) is 4.82. The molecule has 1 N–H and O–H groups in total. The van der Waals surface area contributed by atoms with Crippen molar-refractivity contribution in [1.29, 1.82) is 0 Å². The van der Waals surface area contributed by atoms with Gasteiger partial charge in [0.1, 0.15) is 12.6 Å². The molecule has 33 heavy (non-hydrogen) atoms. The van der Waals surface area contributed by atoms with Crippen molar-refractivity contribution in [3.8, 4) is 11.5 Å². The molecule has 0 saturated carbocycles. The molecule has 0 amide bonds. The molecule has 11 nitrogen and oxygen atoms in total. The smallest absolute Gasteiger partial charge is 0.468 e. The fourth-order valence-corrected chi connectivity index (χ4v) is 2.44. The lowest BCUT2D eigenvalue weighted by Gasteiger charge is -2.21. The van der Waals surface area contributed by atoms with Crippen LogP contribution in [0.5, 0.6) is 11.5 Å². The van der Waals surface area contributed by atoms with E-state index in [1.807, 2.05) is 6.92 Å². The van der Waals surface area contributed by atoms with Gasteiger partial charge >= 0.3 is 24.2 Å². The maximum Gasteiger partial charge on any atom is 0.513 e. The Labute approximate surface area is 192 Å². The molecule has 0 unspecified atom stereocenters. The van der Waals surface area contributed by atoms with Gasteiger partial charge in [-0.2, -0.15) is 0 Å². The van der Waals surface area contributed by atoms with Gasteiger partial charge in [-0.05, 0) is 44.4 Å². The van der Waals surface area contributed by atoms with E-state index in [1.54, 1.807) is 19.9 Å². The van der Waals surface area contributed by atoms with Gasteiger partial charge in [-0.25, -0.2) is 9.59 Å². The highest BCUT2D eigenvalue weighted by Gasteiger charge is 2.27. The second-order valence-corrected chi connectivity index (χ2v) is 7.50. The molecule has 1 aromatic carbocycles. The number of benzene rings is 1. The molecule has 0 bridgehead atoms. The summed E-state index contributed by atoms with van der Waals surface area (Å²) in [7, 11) is 3.50.